The van der Waals surface area contributed by atoms with Crippen molar-refractivity contribution in [2.24, 2.45) is 0 Å². The van der Waals surface area contributed by atoms with Gasteiger partial charge >= 0.3 is 0 Å². The molecular weight excluding hydrogens is 176 g/mol. The molecule has 0 amide bonds. The Morgan fingerprint density at radius 2 is 2.21 bits per heavy atom. The number of aromatic nitrogens is 2. The standard InChI is InChI=1S/C10H16N4/c1-7-5-13-10(14-8(7)2)9-6-11-3-4-12-9/h5,9,11-12H,3-4,6H2,1-2H3. The van der Waals surface area contributed by atoms with Crippen LogP contribution in [0.2, 0.25) is 0 Å². The third-order valence-corrected chi connectivity index (χ3v) is 2.60. The molecule has 1 aliphatic heterocycles. The molecule has 4 heteroatoms. The van der Waals surface area contributed by atoms with Crippen molar-refractivity contribution in [3.05, 3.63) is 23.3 Å². The Kier molecular flexibility index (Phi) is 2.74. The van der Waals surface area contributed by atoms with Crippen molar-refractivity contribution in [1.29, 1.82) is 0 Å². The topological polar surface area (TPSA) is 49.8 Å². The zero-order valence-corrected chi connectivity index (χ0v) is 8.67. The van der Waals surface area contributed by atoms with E-state index < -0.39 is 0 Å². The predicted octanol–water partition coefficient (Wildman–Crippen LogP) is 0.327. The van der Waals surface area contributed by atoms with Gasteiger partial charge in [0.05, 0.1) is 6.04 Å². The molecule has 2 rings (SSSR count). The van der Waals surface area contributed by atoms with Crippen LogP contribution in [-0.4, -0.2) is 29.6 Å². The molecule has 0 aliphatic carbocycles. The van der Waals surface area contributed by atoms with Gasteiger partial charge in [-0.25, -0.2) is 9.97 Å². The molecule has 76 valence electrons. The van der Waals surface area contributed by atoms with Crippen LogP contribution in [0, 0.1) is 13.8 Å². The van der Waals surface area contributed by atoms with E-state index >= 15 is 0 Å². The molecule has 1 saturated heterocycles. The average Bonchev–Trinajstić information content (AvgIpc) is 2.23. The van der Waals surface area contributed by atoms with E-state index in [1.54, 1.807) is 0 Å². The first-order valence-corrected chi connectivity index (χ1v) is 5.01. The van der Waals surface area contributed by atoms with E-state index in [0.29, 0.717) is 0 Å². The summed E-state index contributed by atoms with van der Waals surface area (Å²) in [5.41, 5.74) is 2.22. The van der Waals surface area contributed by atoms with Crippen LogP contribution >= 0.6 is 0 Å². The molecule has 0 aromatic carbocycles. The predicted molar refractivity (Wildman–Crippen MR) is 55.1 cm³/mol. The number of aryl methyl sites for hydroxylation is 2. The Morgan fingerprint density at radius 3 is 2.86 bits per heavy atom. The van der Waals surface area contributed by atoms with Gasteiger partial charge in [-0.15, -0.1) is 0 Å². The summed E-state index contributed by atoms with van der Waals surface area (Å²) < 4.78 is 0. The Labute approximate surface area is 84.2 Å². The molecule has 2 heterocycles. The van der Waals surface area contributed by atoms with Crippen molar-refractivity contribution in [3.63, 3.8) is 0 Å². The monoisotopic (exact) mass is 192 g/mol. The Bertz CT molecular complexity index is 318. The van der Waals surface area contributed by atoms with Gasteiger partial charge < -0.3 is 10.6 Å². The van der Waals surface area contributed by atoms with Gasteiger partial charge in [0, 0.05) is 31.5 Å². The summed E-state index contributed by atoms with van der Waals surface area (Å²) >= 11 is 0. The van der Waals surface area contributed by atoms with Crippen molar-refractivity contribution < 1.29 is 0 Å². The molecule has 4 nitrogen and oxygen atoms in total. The summed E-state index contributed by atoms with van der Waals surface area (Å²) in [4.78, 5) is 8.83. The molecule has 14 heavy (non-hydrogen) atoms. The first-order valence-electron chi connectivity index (χ1n) is 5.01. The lowest BCUT2D eigenvalue weighted by Crippen LogP contribution is -2.43. The van der Waals surface area contributed by atoms with Crippen LogP contribution in [-0.2, 0) is 0 Å². The van der Waals surface area contributed by atoms with E-state index in [4.69, 9.17) is 0 Å². The first-order chi connectivity index (χ1) is 6.77. The highest BCUT2D eigenvalue weighted by Crippen LogP contribution is 2.10. The molecule has 1 unspecified atom stereocenters. The van der Waals surface area contributed by atoms with Crippen LogP contribution < -0.4 is 10.6 Å². The number of rotatable bonds is 1. The van der Waals surface area contributed by atoms with Gasteiger partial charge in [-0.05, 0) is 19.4 Å². The first kappa shape index (κ1) is 9.55. The minimum Gasteiger partial charge on any atom is -0.313 e. The molecule has 0 spiro atoms. The van der Waals surface area contributed by atoms with Gasteiger partial charge in [0.2, 0.25) is 0 Å². The lowest BCUT2D eigenvalue weighted by Gasteiger charge is -2.23. The lowest BCUT2D eigenvalue weighted by molar-refractivity contribution is 0.414. The Hall–Kier alpha value is -1.00. The summed E-state index contributed by atoms with van der Waals surface area (Å²) in [5.74, 6) is 0.903. The van der Waals surface area contributed by atoms with Crippen molar-refractivity contribution in [2.75, 3.05) is 19.6 Å². The zero-order valence-electron chi connectivity index (χ0n) is 8.67. The molecule has 1 aliphatic rings. The summed E-state index contributed by atoms with van der Waals surface area (Å²) in [6, 6.07) is 0.267. The lowest BCUT2D eigenvalue weighted by atomic mass is 10.2. The van der Waals surface area contributed by atoms with Gasteiger partial charge in [0.15, 0.2) is 0 Å². The molecular formula is C10H16N4. The van der Waals surface area contributed by atoms with E-state index in [2.05, 4.69) is 20.6 Å². The summed E-state index contributed by atoms with van der Waals surface area (Å²) in [5, 5.41) is 6.72. The van der Waals surface area contributed by atoms with Crippen molar-refractivity contribution >= 4 is 0 Å². The largest absolute Gasteiger partial charge is 0.313 e. The second-order valence-electron chi connectivity index (χ2n) is 3.71. The van der Waals surface area contributed by atoms with Gasteiger partial charge in [0.25, 0.3) is 0 Å². The maximum atomic E-state index is 4.48. The molecule has 0 bridgehead atoms. The van der Waals surface area contributed by atoms with Gasteiger partial charge in [-0.3, -0.25) is 0 Å². The maximum absolute atomic E-state index is 4.48. The molecule has 1 fully saturated rings. The molecule has 2 N–H and O–H groups in total. The minimum absolute atomic E-state index is 0.267. The highest BCUT2D eigenvalue weighted by Gasteiger charge is 2.16. The average molecular weight is 192 g/mol. The molecule has 0 saturated carbocycles. The highest BCUT2D eigenvalue weighted by molar-refractivity contribution is 5.15. The van der Waals surface area contributed by atoms with Gasteiger partial charge in [0.1, 0.15) is 5.82 Å². The molecule has 1 atom stereocenters. The van der Waals surface area contributed by atoms with E-state index in [0.717, 1.165) is 36.7 Å². The van der Waals surface area contributed by atoms with E-state index in [-0.39, 0.29) is 6.04 Å². The van der Waals surface area contributed by atoms with E-state index in [1.807, 2.05) is 20.0 Å². The maximum Gasteiger partial charge on any atom is 0.146 e. The Balaban J connectivity index is 2.18. The van der Waals surface area contributed by atoms with E-state index in [1.165, 1.54) is 0 Å². The fourth-order valence-electron chi connectivity index (χ4n) is 1.55. The van der Waals surface area contributed by atoms with Crippen LogP contribution in [0.25, 0.3) is 0 Å². The van der Waals surface area contributed by atoms with Crippen LogP contribution in [0.15, 0.2) is 6.20 Å². The van der Waals surface area contributed by atoms with Crippen LogP contribution in [0.1, 0.15) is 23.1 Å². The molecule has 1 aromatic heterocycles. The fraction of sp³-hybridized carbons (Fsp3) is 0.600. The van der Waals surface area contributed by atoms with Crippen molar-refractivity contribution in [1.82, 2.24) is 20.6 Å². The van der Waals surface area contributed by atoms with Gasteiger partial charge in [-0.1, -0.05) is 0 Å². The van der Waals surface area contributed by atoms with Crippen LogP contribution in [0.4, 0.5) is 0 Å². The summed E-state index contributed by atoms with van der Waals surface area (Å²) in [6.45, 7) is 6.99. The van der Waals surface area contributed by atoms with E-state index in [9.17, 15) is 0 Å². The smallest absolute Gasteiger partial charge is 0.146 e. The number of nitrogens with zero attached hydrogens (tertiary/aromatic N) is 2. The minimum atomic E-state index is 0.267. The van der Waals surface area contributed by atoms with Gasteiger partial charge in [-0.2, -0.15) is 0 Å². The molecule has 0 radical (unpaired) electrons. The number of hydrogen-bond acceptors (Lipinski definition) is 4. The SMILES string of the molecule is Cc1cnc(C2CNCCN2)nc1C. The summed E-state index contributed by atoms with van der Waals surface area (Å²) in [6.07, 6.45) is 1.90. The van der Waals surface area contributed by atoms with Crippen molar-refractivity contribution in [2.45, 2.75) is 19.9 Å². The number of hydrogen-bond donors (Lipinski definition) is 2. The second-order valence-corrected chi connectivity index (χ2v) is 3.71. The third kappa shape index (κ3) is 1.91. The zero-order chi connectivity index (χ0) is 9.97. The highest BCUT2D eigenvalue weighted by atomic mass is 15.1. The normalized spacial score (nSPS) is 22.3. The Morgan fingerprint density at radius 1 is 1.36 bits per heavy atom. The third-order valence-electron chi connectivity index (χ3n) is 2.60. The number of nitrogens with one attached hydrogen (secondary N) is 2. The molecule has 1 aromatic rings. The summed E-state index contributed by atoms with van der Waals surface area (Å²) in [7, 11) is 0. The fourth-order valence-corrected chi connectivity index (χ4v) is 1.55. The van der Waals surface area contributed by atoms with Crippen molar-refractivity contribution in [3.8, 4) is 0 Å². The van der Waals surface area contributed by atoms with Crippen LogP contribution in [0.3, 0.4) is 0 Å². The number of piperazine rings is 1. The second kappa shape index (κ2) is 4.02. The quantitative estimate of drug-likeness (QED) is 0.673. The van der Waals surface area contributed by atoms with Crippen LogP contribution in [0.5, 0.6) is 0 Å².